The second-order valence-corrected chi connectivity index (χ2v) is 7.39. The van der Waals surface area contributed by atoms with Gasteiger partial charge in [-0.25, -0.2) is 0 Å². The molecule has 28 heavy (non-hydrogen) atoms. The van der Waals surface area contributed by atoms with Crippen molar-refractivity contribution in [3.63, 3.8) is 0 Å². The standard InChI is InChI=1S/C19H13N5O3S/c1-10-7-8-12(9-14(10)24(25)26)18-22-23-17(20-21-19(23)28-18)16-11(2)13-5-3-4-6-15(13)27-16/h3-9H,1-2H3. The van der Waals surface area contributed by atoms with E-state index in [4.69, 9.17) is 4.42 Å². The third-order valence-corrected chi connectivity index (χ3v) is 5.64. The van der Waals surface area contributed by atoms with Crippen LogP contribution >= 0.6 is 11.3 Å². The van der Waals surface area contributed by atoms with Gasteiger partial charge in [0.1, 0.15) is 10.6 Å². The van der Waals surface area contributed by atoms with Crippen LogP contribution in [0.4, 0.5) is 5.69 Å². The normalized spacial score (nSPS) is 11.5. The number of fused-ring (bicyclic) bond motifs is 2. The van der Waals surface area contributed by atoms with Gasteiger partial charge >= 0.3 is 0 Å². The van der Waals surface area contributed by atoms with Crippen LogP contribution in [0.2, 0.25) is 0 Å². The van der Waals surface area contributed by atoms with Crippen molar-refractivity contribution in [1.82, 2.24) is 19.8 Å². The molecule has 0 aliphatic carbocycles. The summed E-state index contributed by atoms with van der Waals surface area (Å²) in [5, 5.41) is 25.9. The van der Waals surface area contributed by atoms with Crippen molar-refractivity contribution >= 4 is 33.0 Å². The molecule has 0 saturated carbocycles. The molecule has 8 nitrogen and oxygen atoms in total. The Labute approximate surface area is 162 Å². The Balaban J connectivity index is 1.66. The van der Waals surface area contributed by atoms with Gasteiger partial charge in [-0.1, -0.05) is 41.7 Å². The van der Waals surface area contributed by atoms with Crippen LogP contribution in [0.15, 0.2) is 46.9 Å². The van der Waals surface area contributed by atoms with Crippen LogP contribution in [0.5, 0.6) is 0 Å². The lowest BCUT2D eigenvalue weighted by molar-refractivity contribution is -0.385. The second kappa shape index (κ2) is 5.96. The summed E-state index contributed by atoms with van der Waals surface area (Å²) in [6.07, 6.45) is 0. The summed E-state index contributed by atoms with van der Waals surface area (Å²) in [6, 6.07) is 12.8. The molecule has 0 atom stereocenters. The number of nitro benzene ring substituents is 1. The monoisotopic (exact) mass is 391 g/mol. The molecule has 9 heteroatoms. The highest BCUT2D eigenvalue weighted by molar-refractivity contribution is 7.19. The third-order valence-electron chi connectivity index (χ3n) is 4.69. The molecule has 0 aliphatic rings. The Hall–Kier alpha value is -3.59. The number of nitrogens with zero attached hydrogens (tertiary/aromatic N) is 5. The Bertz CT molecular complexity index is 1380. The molecule has 2 aromatic carbocycles. The van der Waals surface area contributed by atoms with Gasteiger partial charge in [0, 0.05) is 28.1 Å². The molecule has 0 fully saturated rings. The predicted octanol–water partition coefficient (Wildman–Crippen LogP) is 4.79. The van der Waals surface area contributed by atoms with E-state index >= 15 is 0 Å². The van der Waals surface area contributed by atoms with Crippen LogP contribution in [0.1, 0.15) is 11.1 Å². The highest BCUT2D eigenvalue weighted by atomic mass is 32.1. The molecular weight excluding hydrogens is 378 g/mol. The summed E-state index contributed by atoms with van der Waals surface area (Å²) in [5.41, 5.74) is 3.08. The minimum Gasteiger partial charge on any atom is -0.452 e. The average molecular weight is 391 g/mol. The van der Waals surface area contributed by atoms with E-state index < -0.39 is 0 Å². The van der Waals surface area contributed by atoms with Crippen LogP contribution in [0.25, 0.3) is 38.1 Å². The van der Waals surface area contributed by atoms with Gasteiger partial charge in [0.15, 0.2) is 5.76 Å². The number of hydrogen-bond donors (Lipinski definition) is 0. The molecule has 3 heterocycles. The maximum absolute atomic E-state index is 11.2. The van der Waals surface area contributed by atoms with Crippen LogP contribution in [-0.4, -0.2) is 24.7 Å². The average Bonchev–Trinajstić information content (AvgIpc) is 3.35. The van der Waals surface area contributed by atoms with Crippen molar-refractivity contribution in [3.8, 4) is 22.2 Å². The van der Waals surface area contributed by atoms with E-state index in [0.29, 0.717) is 32.7 Å². The summed E-state index contributed by atoms with van der Waals surface area (Å²) in [6.45, 7) is 3.68. The molecule has 5 aromatic rings. The lowest BCUT2D eigenvalue weighted by Crippen LogP contribution is -1.93. The van der Waals surface area contributed by atoms with E-state index in [0.717, 1.165) is 16.5 Å². The van der Waals surface area contributed by atoms with Gasteiger partial charge < -0.3 is 4.42 Å². The fourth-order valence-electron chi connectivity index (χ4n) is 3.20. The fourth-order valence-corrected chi connectivity index (χ4v) is 4.04. The number of benzene rings is 2. The first-order valence-corrected chi connectivity index (χ1v) is 9.31. The van der Waals surface area contributed by atoms with Crippen molar-refractivity contribution in [3.05, 3.63) is 63.7 Å². The smallest absolute Gasteiger partial charge is 0.273 e. The Morgan fingerprint density at radius 1 is 1.14 bits per heavy atom. The van der Waals surface area contributed by atoms with Crippen molar-refractivity contribution in [1.29, 1.82) is 0 Å². The minimum atomic E-state index is -0.387. The maximum atomic E-state index is 11.2. The molecule has 0 bridgehead atoms. The molecule has 0 spiro atoms. The number of aromatic nitrogens is 4. The first-order chi connectivity index (χ1) is 13.5. The lowest BCUT2D eigenvalue weighted by Gasteiger charge is -1.99. The summed E-state index contributed by atoms with van der Waals surface area (Å²) in [4.78, 5) is 11.4. The number of nitro groups is 1. The largest absolute Gasteiger partial charge is 0.452 e. The number of furan rings is 1. The van der Waals surface area contributed by atoms with Crippen LogP contribution < -0.4 is 0 Å². The van der Waals surface area contributed by atoms with Gasteiger partial charge in [-0.3, -0.25) is 10.1 Å². The van der Waals surface area contributed by atoms with Gasteiger partial charge in [-0.2, -0.15) is 9.61 Å². The van der Waals surface area contributed by atoms with E-state index in [2.05, 4.69) is 15.3 Å². The zero-order valence-electron chi connectivity index (χ0n) is 14.9. The van der Waals surface area contributed by atoms with Gasteiger partial charge in [0.05, 0.1) is 4.92 Å². The van der Waals surface area contributed by atoms with E-state index in [9.17, 15) is 10.1 Å². The minimum absolute atomic E-state index is 0.0665. The Kier molecular flexibility index (Phi) is 3.53. The summed E-state index contributed by atoms with van der Waals surface area (Å²) in [7, 11) is 0. The molecule has 3 aromatic heterocycles. The molecule has 0 saturated heterocycles. The molecular formula is C19H13N5O3S. The summed E-state index contributed by atoms with van der Waals surface area (Å²) >= 11 is 1.32. The van der Waals surface area contributed by atoms with E-state index in [1.165, 1.54) is 17.4 Å². The highest BCUT2D eigenvalue weighted by Crippen LogP contribution is 2.35. The van der Waals surface area contributed by atoms with E-state index in [1.54, 1.807) is 17.5 Å². The second-order valence-electron chi connectivity index (χ2n) is 6.44. The Morgan fingerprint density at radius 2 is 1.96 bits per heavy atom. The summed E-state index contributed by atoms with van der Waals surface area (Å²) in [5.74, 6) is 1.12. The molecule has 0 aliphatic heterocycles. The first kappa shape index (κ1) is 16.6. The van der Waals surface area contributed by atoms with Gasteiger partial charge in [0.2, 0.25) is 10.8 Å². The van der Waals surface area contributed by atoms with Crippen LogP contribution in [0.3, 0.4) is 0 Å². The number of para-hydroxylation sites is 1. The topological polar surface area (TPSA) is 99.4 Å². The molecule has 138 valence electrons. The Morgan fingerprint density at radius 3 is 2.75 bits per heavy atom. The first-order valence-electron chi connectivity index (χ1n) is 8.49. The number of aryl methyl sites for hydroxylation is 2. The van der Waals surface area contributed by atoms with Crippen molar-refractivity contribution < 1.29 is 9.34 Å². The van der Waals surface area contributed by atoms with Crippen LogP contribution in [-0.2, 0) is 0 Å². The predicted molar refractivity (Wildman–Crippen MR) is 105 cm³/mol. The molecule has 5 rings (SSSR count). The SMILES string of the molecule is Cc1ccc(-c2nn3c(-c4oc5ccccc5c4C)nnc3s2)cc1[N+](=O)[O-]. The maximum Gasteiger partial charge on any atom is 0.273 e. The fraction of sp³-hybridized carbons (Fsp3) is 0.105. The van der Waals surface area contributed by atoms with E-state index in [1.807, 2.05) is 37.3 Å². The quantitative estimate of drug-likeness (QED) is 0.324. The van der Waals surface area contributed by atoms with Crippen molar-refractivity contribution in [2.75, 3.05) is 0 Å². The lowest BCUT2D eigenvalue weighted by atomic mass is 10.1. The molecule has 0 unspecified atom stereocenters. The van der Waals surface area contributed by atoms with Crippen molar-refractivity contribution in [2.24, 2.45) is 0 Å². The molecule has 0 amide bonds. The van der Waals surface area contributed by atoms with Gasteiger partial charge in [-0.15, -0.1) is 10.2 Å². The summed E-state index contributed by atoms with van der Waals surface area (Å²) < 4.78 is 7.61. The highest BCUT2D eigenvalue weighted by Gasteiger charge is 2.21. The van der Waals surface area contributed by atoms with Gasteiger partial charge in [0.25, 0.3) is 5.69 Å². The van der Waals surface area contributed by atoms with Crippen LogP contribution in [0, 0.1) is 24.0 Å². The van der Waals surface area contributed by atoms with Crippen molar-refractivity contribution in [2.45, 2.75) is 13.8 Å². The number of hydrogen-bond acceptors (Lipinski definition) is 7. The van der Waals surface area contributed by atoms with E-state index in [-0.39, 0.29) is 10.6 Å². The number of rotatable bonds is 3. The zero-order chi connectivity index (χ0) is 19.4. The molecule has 0 radical (unpaired) electrons. The zero-order valence-corrected chi connectivity index (χ0v) is 15.7. The third kappa shape index (κ3) is 2.40. The van der Waals surface area contributed by atoms with Gasteiger partial charge in [-0.05, 0) is 19.9 Å². The molecule has 0 N–H and O–H groups in total.